The second-order valence-electron chi connectivity index (χ2n) is 2.59. The number of imidazole rings is 1. The van der Waals surface area contributed by atoms with Gasteiger partial charge in [-0.25, -0.2) is 4.98 Å². The van der Waals surface area contributed by atoms with Crippen LogP contribution in [0.15, 0.2) is 29.4 Å². The molecule has 1 N–H and O–H groups in total. The summed E-state index contributed by atoms with van der Waals surface area (Å²) in [5.74, 6) is 0. The van der Waals surface area contributed by atoms with Gasteiger partial charge in [-0.1, -0.05) is 0 Å². The summed E-state index contributed by atoms with van der Waals surface area (Å²) in [6.45, 7) is 0. The first-order chi connectivity index (χ1) is 5.79. The molecule has 2 aromatic rings. The van der Waals surface area contributed by atoms with Crippen LogP contribution >= 0.6 is 15.9 Å². The van der Waals surface area contributed by atoms with E-state index in [2.05, 4.69) is 25.9 Å². The van der Waals surface area contributed by atoms with Crippen molar-refractivity contribution in [3.05, 3.63) is 29.4 Å². The predicted molar refractivity (Wildman–Crippen MR) is 50.7 cm³/mol. The Balaban J connectivity index is 2.60. The van der Waals surface area contributed by atoms with E-state index in [9.17, 15) is 0 Å². The molecule has 0 bridgehead atoms. The number of rotatable bonds is 1. The van der Waals surface area contributed by atoms with Crippen LogP contribution in [-0.2, 0) is 7.05 Å². The summed E-state index contributed by atoms with van der Waals surface area (Å²) < 4.78 is 2.86. The minimum absolute atomic E-state index is 0.879. The summed E-state index contributed by atoms with van der Waals surface area (Å²) in [7, 11) is 1.97. The molecule has 62 valence electrons. The highest BCUT2D eigenvalue weighted by molar-refractivity contribution is 9.10. The molecule has 0 aliphatic heterocycles. The number of hydrogen-bond donors (Lipinski definition) is 1. The first-order valence-corrected chi connectivity index (χ1v) is 4.38. The van der Waals surface area contributed by atoms with E-state index >= 15 is 0 Å². The van der Waals surface area contributed by atoms with Gasteiger partial charge in [-0.15, -0.1) is 0 Å². The molecule has 0 radical (unpaired) electrons. The van der Waals surface area contributed by atoms with Crippen molar-refractivity contribution in [2.75, 3.05) is 0 Å². The fourth-order valence-corrected chi connectivity index (χ4v) is 1.80. The zero-order valence-electron chi connectivity index (χ0n) is 6.58. The van der Waals surface area contributed by atoms with Crippen molar-refractivity contribution >= 4 is 15.9 Å². The molecule has 3 nitrogen and oxygen atoms in total. The van der Waals surface area contributed by atoms with Gasteiger partial charge in [0.25, 0.3) is 0 Å². The van der Waals surface area contributed by atoms with E-state index in [0.29, 0.717) is 0 Å². The Morgan fingerprint density at radius 2 is 2.42 bits per heavy atom. The molecule has 0 saturated heterocycles. The van der Waals surface area contributed by atoms with Crippen LogP contribution in [0.3, 0.4) is 0 Å². The van der Waals surface area contributed by atoms with Gasteiger partial charge in [0, 0.05) is 25.0 Å². The second kappa shape index (κ2) is 2.79. The van der Waals surface area contributed by atoms with Gasteiger partial charge in [0.15, 0.2) is 0 Å². The third kappa shape index (κ3) is 1.08. The normalized spacial score (nSPS) is 10.5. The predicted octanol–water partition coefficient (Wildman–Crippen LogP) is 2.18. The number of hydrogen-bond acceptors (Lipinski definition) is 1. The highest BCUT2D eigenvalue weighted by atomic mass is 79.9. The van der Waals surface area contributed by atoms with E-state index in [1.165, 1.54) is 0 Å². The van der Waals surface area contributed by atoms with Gasteiger partial charge in [-0.3, -0.25) is 0 Å². The molecule has 12 heavy (non-hydrogen) atoms. The fraction of sp³-hybridized carbons (Fsp3) is 0.125. The van der Waals surface area contributed by atoms with E-state index in [-0.39, 0.29) is 0 Å². The molecule has 0 saturated carbocycles. The fourth-order valence-electron chi connectivity index (χ4n) is 1.20. The molecule has 0 spiro atoms. The van der Waals surface area contributed by atoms with Gasteiger partial charge in [-0.2, -0.15) is 0 Å². The van der Waals surface area contributed by atoms with Gasteiger partial charge in [0.2, 0.25) is 0 Å². The van der Waals surface area contributed by atoms with Gasteiger partial charge in [-0.05, 0) is 22.0 Å². The molecule has 0 aromatic carbocycles. The molecule has 0 aliphatic carbocycles. The monoisotopic (exact) mass is 225 g/mol. The summed E-state index contributed by atoms with van der Waals surface area (Å²) in [6, 6.07) is 2.02. The molecular weight excluding hydrogens is 218 g/mol. The maximum Gasteiger partial charge on any atom is 0.132 e. The molecular formula is C8H8BrN3. The van der Waals surface area contributed by atoms with E-state index in [4.69, 9.17) is 0 Å². The summed E-state index contributed by atoms with van der Waals surface area (Å²) >= 11 is 3.39. The topological polar surface area (TPSA) is 33.6 Å². The highest BCUT2D eigenvalue weighted by Crippen LogP contribution is 2.25. The lowest BCUT2D eigenvalue weighted by atomic mass is 10.2. The number of H-pyrrole nitrogens is 1. The summed E-state index contributed by atoms with van der Waals surface area (Å²) in [5, 5.41) is 0. The SMILES string of the molecule is Cn1cnc(Br)c1-c1cc[nH]c1. The molecule has 4 heteroatoms. The van der Waals surface area contributed by atoms with Crippen LogP contribution in [0, 0.1) is 0 Å². The van der Waals surface area contributed by atoms with E-state index < -0.39 is 0 Å². The van der Waals surface area contributed by atoms with Crippen molar-refractivity contribution in [1.29, 1.82) is 0 Å². The summed E-state index contributed by atoms with van der Waals surface area (Å²) in [6.07, 6.45) is 5.63. The molecule has 2 aromatic heterocycles. The lowest BCUT2D eigenvalue weighted by Crippen LogP contribution is -1.87. The Hall–Kier alpha value is -1.03. The molecule has 2 rings (SSSR count). The molecule has 0 unspecified atom stereocenters. The Labute approximate surface area is 78.6 Å². The van der Waals surface area contributed by atoms with Crippen molar-refractivity contribution in [2.45, 2.75) is 0 Å². The molecule has 0 amide bonds. The Kier molecular flexibility index (Phi) is 1.77. The first-order valence-electron chi connectivity index (χ1n) is 3.59. The third-order valence-electron chi connectivity index (χ3n) is 1.76. The molecule has 0 fully saturated rings. The van der Waals surface area contributed by atoms with Crippen LogP contribution in [0.2, 0.25) is 0 Å². The minimum atomic E-state index is 0.879. The quantitative estimate of drug-likeness (QED) is 0.794. The van der Waals surface area contributed by atoms with E-state index in [1.54, 1.807) is 6.33 Å². The Bertz CT molecular complexity index is 355. The van der Waals surface area contributed by atoms with Crippen LogP contribution < -0.4 is 0 Å². The van der Waals surface area contributed by atoms with Crippen molar-refractivity contribution in [1.82, 2.24) is 14.5 Å². The number of halogens is 1. The third-order valence-corrected chi connectivity index (χ3v) is 2.34. The van der Waals surface area contributed by atoms with Gasteiger partial charge in [0.1, 0.15) is 4.60 Å². The number of aryl methyl sites for hydroxylation is 1. The summed E-state index contributed by atoms with van der Waals surface area (Å²) in [4.78, 5) is 7.15. The number of aromatic amines is 1. The number of aromatic nitrogens is 3. The lowest BCUT2D eigenvalue weighted by molar-refractivity contribution is 0.921. The largest absolute Gasteiger partial charge is 0.367 e. The Morgan fingerprint density at radius 3 is 2.92 bits per heavy atom. The van der Waals surface area contributed by atoms with Crippen LogP contribution in [-0.4, -0.2) is 14.5 Å². The average Bonchev–Trinajstić information content (AvgIpc) is 2.61. The molecule has 2 heterocycles. The van der Waals surface area contributed by atoms with Crippen molar-refractivity contribution < 1.29 is 0 Å². The molecule has 0 atom stereocenters. The van der Waals surface area contributed by atoms with E-state index in [1.807, 2.05) is 30.1 Å². The number of nitrogens with zero attached hydrogens (tertiary/aromatic N) is 2. The molecule has 0 aliphatic rings. The minimum Gasteiger partial charge on any atom is -0.367 e. The van der Waals surface area contributed by atoms with Crippen LogP contribution in [0.4, 0.5) is 0 Å². The van der Waals surface area contributed by atoms with Crippen molar-refractivity contribution in [2.24, 2.45) is 7.05 Å². The maximum atomic E-state index is 4.14. The summed E-state index contributed by atoms with van der Waals surface area (Å²) in [5.41, 5.74) is 2.23. The highest BCUT2D eigenvalue weighted by Gasteiger charge is 2.07. The lowest BCUT2D eigenvalue weighted by Gasteiger charge is -1.98. The smallest absolute Gasteiger partial charge is 0.132 e. The van der Waals surface area contributed by atoms with Crippen molar-refractivity contribution in [3.63, 3.8) is 0 Å². The van der Waals surface area contributed by atoms with Crippen LogP contribution in [0.25, 0.3) is 11.3 Å². The zero-order valence-corrected chi connectivity index (χ0v) is 8.17. The van der Waals surface area contributed by atoms with Crippen LogP contribution in [0.5, 0.6) is 0 Å². The van der Waals surface area contributed by atoms with Gasteiger partial charge in [0.05, 0.1) is 12.0 Å². The van der Waals surface area contributed by atoms with Crippen LogP contribution in [0.1, 0.15) is 0 Å². The van der Waals surface area contributed by atoms with Crippen molar-refractivity contribution in [3.8, 4) is 11.3 Å². The maximum absolute atomic E-state index is 4.14. The van der Waals surface area contributed by atoms with Gasteiger partial charge < -0.3 is 9.55 Å². The van der Waals surface area contributed by atoms with Gasteiger partial charge >= 0.3 is 0 Å². The average molecular weight is 226 g/mol. The zero-order chi connectivity index (χ0) is 8.55. The van der Waals surface area contributed by atoms with E-state index in [0.717, 1.165) is 15.9 Å². The number of nitrogens with one attached hydrogen (secondary N) is 1. The Morgan fingerprint density at radius 1 is 1.58 bits per heavy atom. The standard InChI is InChI=1S/C8H8BrN3/c1-12-5-11-8(9)7(12)6-2-3-10-4-6/h2-5,10H,1H3. The first kappa shape index (κ1) is 7.61. The second-order valence-corrected chi connectivity index (χ2v) is 3.35.